The molecule has 0 aliphatic carbocycles. The summed E-state index contributed by atoms with van der Waals surface area (Å²) >= 11 is 1.81. The number of aliphatic imine (C=N–C) groups is 1. The zero-order valence-electron chi connectivity index (χ0n) is 17.5. The lowest BCUT2D eigenvalue weighted by Gasteiger charge is -2.37. The quantitative estimate of drug-likeness (QED) is 0.218. The van der Waals surface area contributed by atoms with Gasteiger partial charge in [0.1, 0.15) is 0 Å². The number of ether oxygens (including phenoxy) is 3. The summed E-state index contributed by atoms with van der Waals surface area (Å²) in [6, 6.07) is 4.67. The van der Waals surface area contributed by atoms with E-state index in [0.29, 0.717) is 6.04 Å². The van der Waals surface area contributed by atoms with Crippen LogP contribution in [0.15, 0.2) is 22.5 Å². The molecule has 0 spiro atoms. The molecule has 9 heteroatoms. The standard InChI is InChI=1S/C20H34N4O3S.HI/c1-16-14-24(8-11-26-16)18(19-5-3-12-28-19)13-23-20(21-2)22-7-4-9-27-17-6-10-25-15-17;/h3,5,12,16-18H,4,6-11,13-15H2,1-2H3,(H2,21,22,23);1H. The van der Waals surface area contributed by atoms with Crippen molar-refractivity contribution in [2.75, 3.05) is 59.7 Å². The molecule has 2 aliphatic heterocycles. The van der Waals surface area contributed by atoms with Gasteiger partial charge < -0.3 is 24.8 Å². The van der Waals surface area contributed by atoms with Gasteiger partial charge in [-0.1, -0.05) is 6.07 Å². The maximum Gasteiger partial charge on any atom is 0.191 e. The number of hydrogen-bond donors (Lipinski definition) is 2. The predicted molar refractivity (Wildman–Crippen MR) is 129 cm³/mol. The number of halogens is 1. The van der Waals surface area contributed by atoms with E-state index in [0.717, 1.165) is 71.4 Å². The van der Waals surface area contributed by atoms with Gasteiger partial charge in [0.2, 0.25) is 0 Å². The molecule has 0 saturated carbocycles. The van der Waals surface area contributed by atoms with Crippen molar-refractivity contribution in [3.8, 4) is 0 Å². The Kier molecular flexibility index (Phi) is 11.8. The third-order valence-corrected chi connectivity index (χ3v) is 6.10. The highest BCUT2D eigenvalue weighted by molar-refractivity contribution is 14.0. The summed E-state index contributed by atoms with van der Waals surface area (Å²) in [6.45, 7) is 8.83. The zero-order valence-corrected chi connectivity index (χ0v) is 20.6. The number of nitrogens with one attached hydrogen (secondary N) is 2. The van der Waals surface area contributed by atoms with E-state index in [1.807, 2.05) is 18.4 Å². The normalized spacial score (nSPS) is 24.1. The minimum Gasteiger partial charge on any atom is -0.379 e. The molecule has 3 atom stereocenters. The first kappa shape index (κ1) is 24.8. The number of morpholine rings is 1. The number of thiophene rings is 1. The molecular formula is C20H35IN4O3S. The third kappa shape index (κ3) is 8.29. The lowest BCUT2D eigenvalue weighted by atomic mass is 10.1. The molecule has 3 unspecified atom stereocenters. The van der Waals surface area contributed by atoms with Crippen LogP contribution in [0.3, 0.4) is 0 Å². The van der Waals surface area contributed by atoms with Gasteiger partial charge >= 0.3 is 0 Å². The molecule has 2 saturated heterocycles. The fourth-order valence-corrected chi connectivity index (χ4v) is 4.47. The van der Waals surface area contributed by atoms with Crippen molar-refractivity contribution in [3.63, 3.8) is 0 Å². The second-order valence-electron chi connectivity index (χ2n) is 7.30. The summed E-state index contributed by atoms with van der Waals surface area (Å²) < 4.78 is 16.9. The van der Waals surface area contributed by atoms with Gasteiger partial charge in [0.15, 0.2) is 5.96 Å². The number of nitrogens with zero attached hydrogens (tertiary/aromatic N) is 2. The van der Waals surface area contributed by atoms with Crippen LogP contribution in [-0.4, -0.2) is 82.7 Å². The molecule has 1 aromatic heterocycles. The van der Waals surface area contributed by atoms with Crippen LogP contribution in [0.25, 0.3) is 0 Å². The Morgan fingerprint density at radius 1 is 1.41 bits per heavy atom. The molecule has 0 radical (unpaired) electrons. The number of rotatable bonds is 9. The van der Waals surface area contributed by atoms with E-state index in [1.165, 1.54) is 4.88 Å². The maximum absolute atomic E-state index is 5.81. The summed E-state index contributed by atoms with van der Waals surface area (Å²) in [5, 5.41) is 9.05. The van der Waals surface area contributed by atoms with E-state index in [1.54, 1.807) is 0 Å². The highest BCUT2D eigenvalue weighted by Crippen LogP contribution is 2.26. The summed E-state index contributed by atoms with van der Waals surface area (Å²) in [5.41, 5.74) is 0. The summed E-state index contributed by atoms with van der Waals surface area (Å²) in [6.07, 6.45) is 2.52. The van der Waals surface area contributed by atoms with Crippen molar-refractivity contribution in [2.45, 2.75) is 38.0 Å². The van der Waals surface area contributed by atoms with Crippen molar-refractivity contribution in [2.24, 2.45) is 4.99 Å². The monoisotopic (exact) mass is 538 g/mol. The van der Waals surface area contributed by atoms with Crippen molar-refractivity contribution in [1.29, 1.82) is 0 Å². The average molecular weight is 538 g/mol. The van der Waals surface area contributed by atoms with Crippen LogP contribution in [0.4, 0.5) is 0 Å². The minimum atomic E-state index is 0. The second-order valence-corrected chi connectivity index (χ2v) is 8.28. The van der Waals surface area contributed by atoms with E-state index < -0.39 is 0 Å². The first-order valence-electron chi connectivity index (χ1n) is 10.3. The molecule has 7 nitrogen and oxygen atoms in total. The first-order valence-corrected chi connectivity index (χ1v) is 11.2. The Morgan fingerprint density at radius 2 is 2.31 bits per heavy atom. The summed E-state index contributed by atoms with van der Waals surface area (Å²) in [5.74, 6) is 0.840. The molecule has 2 N–H and O–H groups in total. The fraction of sp³-hybridized carbons (Fsp3) is 0.750. The van der Waals surface area contributed by atoms with E-state index in [9.17, 15) is 0 Å². The molecule has 2 aliphatic rings. The molecule has 1 aromatic rings. The Balaban J connectivity index is 0.00000300. The second kappa shape index (κ2) is 13.8. The third-order valence-electron chi connectivity index (χ3n) is 5.13. The van der Waals surface area contributed by atoms with E-state index >= 15 is 0 Å². The molecule has 2 fully saturated rings. The Labute approximate surface area is 195 Å². The van der Waals surface area contributed by atoms with Gasteiger partial charge in [0.05, 0.1) is 31.5 Å². The van der Waals surface area contributed by atoms with Crippen LogP contribution in [0.2, 0.25) is 0 Å². The van der Waals surface area contributed by atoms with Gasteiger partial charge in [-0.3, -0.25) is 9.89 Å². The molecule has 0 aromatic carbocycles. The molecule has 3 heterocycles. The van der Waals surface area contributed by atoms with Gasteiger partial charge in [-0.2, -0.15) is 0 Å². The van der Waals surface area contributed by atoms with Gasteiger partial charge in [-0.25, -0.2) is 0 Å². The largest absolute Gasteiger partial charge is 0.379 e. The molecule has 0 amide bonds. The lowest BCUT2D eigenvalue weighted by molar-refractivity contribution is -0.0334. The highest BCUT2D eigenvalue weighted by Gasteiger charge is 2.26. The Hall–Kier alpha value is -0.460. The first-order chi connectivity index (χ1) is 13.8. The van der Waals surface area contributed by atoms with Crippen LogP contribution in [-0.2, 0) is 14.2 Å². The Bertz CT molecular complexity index is 584. The molecule has 166 valence electrons. The highest BCUT2D eigenvalue weighted by atomic mass is 127. The molecule has 3 rings (SSSR count). The minimum absolute atomic E-state index is 0. The Morgan fingerprint density at radius 3 is 3.00 bits per heavy atom. The van der Waals surface area contributed by atoms with Gasteiger partial charge in [-0.15, -0.1) is 35.3 Å². The van der Waals surface area contributed by atoms with Crippen molar-refractivity contribution >= 4 is 41.3 Å². The topological polar surface area (TPSA) is 67.4 Å². The maximum atomic E-state index is 5.81. The number of hydrogen-bond acceptors (Lipinski definition) is 6. The predicted octanol–water partition coefficient (Wildman–Crippen LogP) is 2.49. The van der Waals surface area contributed by atoms with E-state index in [2.05, 4.69) is 45.0 Å². The smallest absolute Gasteiger partial charge is 0.191 e. The van der Waals surface area contributed by atoms with Crippen LogP contribution in [0.1, 0.15) is 30.7 Å². The number of guanidine groups is 1. The summed E-state index contributed by atoms with van der Waals surface area (Å²) in [7, 11) is 1.82. The van der Waals surface area contributed by atoms with Gasteiger partial charge in [0.25, 0.3) is 0 Å². The van der Waals surface area contributed by atoms with E-state index in [-0.39, 0.29) is 36.2 Å². The van der Waals surface area contributed by atoms with Crippen LogP contribution < -0.4 is 10.6 Å². The van der Waals surface area contributed by atoms with E-state index in [4.69, 9.17) is 14.2 Å². The fourth-order valence-electron chi connectivity index (χ4n) is 3.61. The zero-order chi connectivity index (χ0) is 19.6. The summed E-state index contributed by atoms with van der Waals surface area (Å²) in [4.78, 5) is 8.26. The molecule has 29 heavy (non-hydrogen) atoms. The van der Waals surface area contributed by atoms with Crippen LogP contribution in [0, 0.1) is 0 Å². The average Bonchev–Trinajstić information content (AvgIpc) is 3.41. The van der Waals surface area contributed by atoms with Gasteiger partial charge in [-0.05, 0) is 31.2 Å². The molecular weight excluding hydrogens is 503 g/mol. The SMILES string of the molecule is CN=C(NCCCOC1CCOC1)NCC(c1cccs1)N1CCOC(C)C1.I. The lowest BCUT2D eigenvalue weighted by Crippen LogP contribution is -2.48. The van der Waals surface area contributed by atoms with Crippen LogP contribution in [0.5, 0.6) is 0 Å². The van der Waals surface area contributed by atoms with Crippen molar-refractivity contribution < 1.29 is 14.2 Å². The van der Waals surface area contributed by atoms with Crippen molar-refractivity contribution in [3.05, 3.63) is 22.4 Å². The van der Waals surface area contributed by atoms with Gasteiger partial charge in [0, 0.05) is 51.3 Å². The van der Waals surface area contributed by atoms with Crippen molar-refractivity contribution in [1.82, 2.24) is 15.5 Å². The molecule has 0 bridgehead atoms. The van der Waals surface area contributed by atoms with Crippen LogP contribution >= 0.6 is 35.3 Å².